The van der Waals surface area contributed by atoms with Crippen LogP contribution >= 0.6 is 0 Å². The Labute approximate surface area is 203 Å². The molecular weight excluding hydrogens is 472 g/mol. The molecule has 35 heavy (non-hydrogen) atoms. The molecule has 10 nitrogen and oxygen atoms in total. The molecule has 1 fully saturated rings. The standard InChI is InChI=1S/C24H28N4O6S/c25-23(26-31)17-6-4-16(5-7-17)13-19(29)15-28-11-2-1-3-21(24(28)30)27-35(32,33)20-8-9-22-18(14-20)10-12-34-22/h4-9,14,21,27,31H,1-3,10-13,15H2,(H2,25,26)/t21-/m0/s1. The number of nitrogens with one attached hydrogen (secondary N) is 1. The quantitative estimate of drug-likeness (QED) is 0.213. The van der Waals surface area contributed by atoms with E-state index in [0.29, 0.717) is 50.1 Å². The highest BCUT2D eigenvalue weighted by molar-refractivity contribution is 7.89. The van der Waals surface area contributed by atoms with E-state index in [1.165, 1.54) is 11.0 Å². The van der Waals surface area contributed by atoms with E-state index in [1.807, 2.05) is 0 Å². The smallest absolute Gasteiger partial charge is 0.241 e. The van der Waals surface area contributed by atoms with E-state index in [0.717, 1.165) is 11.1 Å². The second kappa shape index (κ2) is 10.4. The van der Waals surface area contributed by atoms with Crippen molar-refractivity contribution in [3.63, 3.8) is 0 Å². The number of hydrogen-bond acceptors (Lipinski definition) is 7. The molecule has 0 radical (unpaired) electrons. The third-order valence-electron chi connectivity index (χ3n) is 6.18. The normalized spacial score (nSPS) is 18.6. The van der Waals surface area contributed by atoms with Crippen LogP contribution in [0.1, 0.15) is 36.0 Å². The summed E-state index contributed by atoms with van der Waals surface area (Å²) in [6, 6.07) is 10.4. The third kappa shape index (κ3) is 5.80. The topological polar surface area (TPSA) is 151 Å². The molecule has 0 spiro atoms. The highest BCUT2D eigenvalue weighted by Crippen LogP contribution is 2.28. The van der Waals surface area contributed by atoms with Crippen molar-refractivity contribution in [2.45, 2.75) is 43.0 Å². The van der Waals surface area contributed by atoms with Gasteiger partial charge in [-0.25, -0.2) is 8.42 Å². The molecule has 1 saturated heterocycles. The van der Waals surface area contributed by atoms with Crippen LogP contribution < -0.4 is 15.2 Å². The minimum atomic E-state index is -3.92. The monoisotopic (exact) mass is 500 g/mol. The van der Waals surface area contributed by atoms with E-state index in [1.54, 1.807) is 36.4 Å². The molecule has 0 aliphatic carbocycles. The molecule has 0 aromatic heterocycles. The van der Waals surface area contributed by atoms with Gasteiger partial charge in [0, 0.05) is 24.9 Å². The van der Waals surface area contributed by atoms with E-state index in [9.17, 15) is 18.0 Å². The van der Waals surface area contributed by atoms with Gasteiger partial charge in [-0.3, -0.25) is 9.59 Å². The molecule has 0 bridgehead atoms. The number of amidine groups is 1. The zero-order valence-electron chi connectivity index (χ0n) is 19.1. The number of nitrogens with two attached hydrogens (primary N) is 1. The van der Waals surface area contributed by atoms with Crippen LogP contribution in [0.2, 0.25) is 0 Å². The first-order chi connectivity index (χ1) is 16.8. The number of carbonyl (C=O) groups excluding carboxylic acids is 2. The Kier molecular flexibility index (Phi) is 7.37. The van der Waals surface area contributed by atoms with E-state index < -0.39 is 22.0 Å². The Balaban J connectivity index is 1.40. The van der Waals surface area contributed by atoms with Crippen molar-refractivity contribution < 1.29 is 28.0 Å². The van der Waals surface area contributed by atoms with Gasteiger partial charge in [-0.05, 0) is 48.6 Å². The number of carbonyl (C=O) groups is 2. The van der Waals surface area contributed by atoms with Gasteiger partial charge in [0.25, 0.3) is 0 Å². The predicted molar refractivity (Wildman–Crippen MR) is 128 cm³/mol. The Morgan fingerprint density at radius 3 is 2.71 bits per heavy atom. The summed E-state index contributed by atoms with van der Waals surface area (Å²) in [5.41, 5.74) is 7.63. The summed E-state index contributed by atoms with van der Waals surface area (Å²) in [6.45, 7) is 0.808. The number of Topliss-reactive ketones (excluding diaryl/α,β-unsaturated/α-hetero) is 1. The van der Waals surface area contributed by atoms with Crippen molar-refractivity contribution >= 4 is 27.5 Å². The lowest BCUT2D eigenvalue weighted by atomic mass is 10.1. The number of nitrogens with zero attached hydrogens (tertiary/aromatic N) is 2. The first-order valence-electron chi connectivity index (χ1n) is 11.4. The summed E-state index contributed by atoms with van der Waals surface area (Å²) in [5.74, 6) is 0.0850. The van der Waals surface area contributed by atoms with E-state index >= 15 is 0 Å². The largest absolute Gasteiger partial charge is 0.493 e. The van der Waals surface area contributed by atoms with Crippen LogP contribution in [0.3, 0.4) is 0 Å². The van der Waals surface area contributed by atoms with Gasteiger partial charge in [0.1, 0.15) is 11.8 Å². The highest BCUT2D eigenvalue weighted by atomic mass is 32.2. The van der Waals surface area contributed by atoms with Crippen molar-refractivity contribution in [2.75, 3.05) is 19.7 Å². The van der Waals surface area contributed by atoms with E-state index in [-0.39, 0.29) is 29.5 Å². The number of likely N-dealkylation sites (tertiary alicyclic amines) is 1. The molecule has 186 valence electrons. The average Bonchev–Trinajstić information content (AvgIpc) is 3.26. The molecule has 0 saturated carbocycles. The summed E-state index contributed by atoms with van der Waals surface area (Å²) in [7, 11) is -3.92. The van der Waals surface area contributed by atoms with Gasteiger partial charge in [-0.1, -0.05) is 29.4 Å². The maximum atomic E-state index is 13.2. The lowest BCUT2D eigenvalue weighted by Crippen LogP contribution is -2.48. The minimum absolute atomic E-state index is 0.0280. The number of sulfonamides is 1. The summed E-state index contributed by atoms with van der Waals surface area (Å²) >= 11 is 0. The molecule has 1 amide bonds. The van der Waals surface area contributed by atoms with E-state index in [2.05, 4.69) is 9.88 Å². The number of ether oxygens (including phenoxy) is 1. The number of benzene rings is 2. The molecule has 2 aliphatic rings. The van der Waals surface area contributed by atoms with Crippen LogP contribution in [0.15, 0.2) is 52.5 Å². The van der Waals surface area contributed by atoms with Gasteiger partial charge < -0.3 is 20.6 Å². The molecule has 4 rings (SSSR count). The second-order valence-electron chi connectivity index (χ2n) is 8.70. The highest BCUT2D eigenvalue weighted by Gasteiger charge is 2.32. The fourth-order valence-corrected chi connectivity index (χ4v) is 5.58. The Morgan fingerprint density at radius 2 is 1.97 bits per heavy atom. The lowest BCUT2D eigenvalue weighted by Gasteiger charge is -2.24. The molecule has 2 aliphatic heterocycles. The third-order valence-corrected chi connectivity index (χ3v) is 7.64. The molecule has 2 heterocycles. The molecule has 2 aromatic carbocycles. The van der Waals surface area contributed by atoms with Gasteiger partial charge in [-0.15, -0.1) is 0 Å². The van der Waals surface area contributed by atoms with Crippen LogP contribution in [0.5, 0.6) is 5.75 Å². The Bertz CT molecular complexity index is 1240. The molecule has 1 atom stereocenters. The summed E-state index contributed by atoms with van der Waals surface area (Å²) in [4.78, 5) is 27.4. The van der Waals surface area contributed by atoms with Crippen molar-refractivity contribution in [1.82, 2.24) is 9.62 Å². The van der Waals surface area contributed by atoms with E-state index in [4.69, 9.17) is 15.7 Å². The van der Waals surface area contributed by atoms with Crippen LogP contribution in [0.25, 0.3) is 0 Å². The summed E-state index contributed by atoms with van der Waals surface area (Å²) in [6.07, 6.45) is 2.46. The van der Waals surface area contributed by atoms with Gasteiger partial charge in [0.2, 0.25) is 15.9 Å². The van der Waals surface area contributed by atoms with Crippen LogP contribution in [0.4, 0.5) is 0 Å². The zero-order chi connectivity index (χ0) is 25.0. The average molecular weight is 501 g/mol. The van der Waals surface area contributed by atoms with Gasteiger partial charge in [-0.2, -0.15) is 4.72 Å². The number of amides is 1. The van der Waals surface area contributed by atoms with Crippen LogP contribution in [-0.2, 0) is 32.5 Å². The number of ketones is 1. The van der Waals surface area contributed by atoms with Crippen molar-refractivity contribution in [3.8, 4) is 5.75 Å². The van der Waals surface area contributed by atoms with Gasteiger partial charge >= 0.3 is 0 Å². The number of fused-ring (bicyclic) bond motifs is 1. The molecular formula is C24H28N4O6S. The van der Waals surface area contributed by atoms with Crippen molar-refractivity contribution in [3.05, 3.63) is 59.2 Å². The predicted octanol–water partition coefficient (Wildman–Crippen LogP) is 1.19. The number of hydrogen-bond donors (Lipinski definition) is 3. The SMILES string of the molecule is N/C(=N\O)c1ccc(CC(=O)CN2CCCC[C@H](NS(=O)(=O)c3ccc4c(c3)CCO4)C2=O)cc1. The second-order valence-corrected chi connectivity index (χ2v) is 10.4. The molecule has 4 N–H and O–H groups in total. The molecule has 2 aromatic rings. The molecule has 11 heteroatoms. The van der Waals surface area contributed by atoms with Crippen molar-refractivity contribution in [2.24, 2.45) is 10.9 Å². The van der Waals surface area contributed by atoms with Gasteiger partial charge in [0.05, 0.1) is 18.0 Å². The first-order valence-corrected chi connectivity index (χ1v) is 12.9. The zero-order valence-corrected chi connectivity index (χ0v) is 20.0. The van der Waals surface area contributed by atoms with Crippen LogP contribution in [-0.4, -0.2) is 61.8 Å². The fraction of sp³-hybridized carbons (Fsp3) is 0.375. The lowest BCUT2D eigenvalue weighted by molar-refractivity contribution is -0.136. The number of oxime groups is 1. The Morgan fingerprint density at radius 1 is 1.20 bits per heavy atom. The minimum Gasteiger partial charge on any atom is -0.493 e. The maximum Gasteiger partial charge on any atom is 0.241 e. The van der Waals surface area contributed by atoms with Crippen molar-refractivity contribution in [1.29, 1.82) is 0 Å². The number of rotatable bonds is 8. The van der Waals surface area contributed by atoms with Crippen LogP contribution in [0, 0.1) is 0 Å². The maximum absolute atomic E-state index is 13.2. The first kappa shape index (κ1) is 24.7. The van der Waals surface area contributed by atoms with Gasteiger partial charge in [0.15, 0.2) is 11.6 Å². The Hall–Kier alpha value is -3.44. The summed E-state index contributed by atoms with van der Waals surface area (Å²) < 4.78 is 34.0. The fourth-order valence-electron chi connectivity index (χ4n) is 4.30. The molecule has 0 unspecified atom stereocenters. The summed E-state index contributed by atoms with van der Waals surface area (Å²) in [5, 5.41) is 11.7.